The van der Waals surface area contributed by atoms with Crippen molar-refractivity contribution in [2.24, 2.45) is 0 Å². The van der Waals surface area contributed by atoms with Crippen molar-refractivity contribution in [1.29, 1.82) is 0 Å². The van der Waals surface area contributed by atoms with Gasteiger partial charge in [0.2, 0.25) is 0 Å². The number of nitrogen functional groups attached to an aromatic ring is 1. The van der Waals surface area contributed by atoms with Crippen LogP contribution in [-0.4, -0.2) is 37.6 Å². The molecule has 0 saturated heterocycles. The number of aromatic nitrogens is 5. The molecule has 2 aromatic rings. The summed E-state index contributed by atoms with van der Waals surface area (Å²) in [5.41, 5.74) is 7.29. The number of nitrogens with two attached hydrogens (primary N) is 1. The standard InChI is InChI=1S/C11H17N7O/c1-2-8-9(12)10(16-15-8)11(19)13-4-3-6-18-7-5-14-17-18/h5,7H,2-4,6,12H2,1H3,(H,13,19)(H,15,16). The number of nitrogens with one attached hydrogen (secondary N) is 2. The summed E-state index contributed by atoms with van der Waals surface area (Å²) in [5, 5.41) is 17.0. The molecule has 0 aliphatic carbocycles. The van der Waals surface area contributed by atoms with E-state index in [1.165, 1.54) is 0 Å². The van der Waals surface area contributed by atoms with Crippen molar-refractivity contribution >= 4 is 11.6 Å². The van der Waals surface area contributed by atoms with E-state index in [1.54, 1.807) is 17.1 Å². The summed E-state index contributed by atoms with van der Waals surface area (Å²) >= 11 is 0. The summed E-state index contributed by atoms with van der Waals surface area (Å²) < 4.78 is 1.71. The van der Waals surface area contributed by atoms with Crippen LogP contribution in [0, 0.1) is 0 Å². The molecule has 102 valence electrons. The molecule has 1 amide bonds. The number of H-pyrrole nitrogens is 1. The molecule has 0 unspecified atom stereocenters. The topological polar surface area (TPSA) is 115 Å². The molecule has 0 aliphatic heterocycles. The molecule has 0 atom stereocenters. The molecule has 0 aliphatic rings. The molecule has 2 aromatic heterocycles. The maximum absolute atomic E-state index is 11.8. The summed E-state index contributed by atoms with van der Waals surface area (Å²) in [7, 11) is 0. The predicted octanol–water partition coefficient (Wildman–Crippen LogP) is -0.0341. The fourth-order valence-electron chi connectivity index (χ4n) is 1.71. The second-order valence-electron chi connectivity index (χ2n) is 4.09. The highest BCUT2D eigenvalue weighted by Crippen LogP contribution is 2.13. The summed E-state index contributed by atoms with van der Waals surface area (Å²) in [6.07, 6.45) is 4.88. The molecule has 0 bridgehead atoms. The number of amides is 1. The van der Waals surface area contributed by atoms with Gasteiger partial charge in [0, 0.05) is 19.3 Å². The molecule has 0 saturated carbocycles. The second kappa shape index (κ2) is 5.98. The first-order valence-corrected chi connectivity index (χ1v) is 6.17. The van der Waals surface area contributed by atoms with Crippen molar-refractivity contribution in [3.05, 3.63) is 23.8 Å². The fourth-order valence-corrected chi connectivity index (χ4v) is 1.71. The van der Waals surface area contributed by atoms with E-state index in [1.807, 2.05) is 6.92 Å². The number of hydrogen-bond donors (Lipinski definition) is 3. The van der Waals surface area contributed by atoms with Gasteiger partial charge in [-0.05, 0) is 12.8 Å². The predicted molar refractivity (Wildman–Crippen MR) is 69.4 cm³/mol. The monoisotopic (exact) mass is 263 g/mol. The lowest BCUT2D eigenvalue weighted by atomic mass is 10.2. The molecular formula is C11H17N7O. The summed E-state index contributed by atoms with van der Waals surface area (Å²) in [6, 6.07) is 0. The Hall–Kier alpha value is -2.38. The molecule has 19 heavy (non-hydrogen) atoms. The van der Waals surface area contributed by atoms with Crippen LogP contribution in [0.5, 0.6) is 0 Å². The Morgan fingerprint density at radius 3 is 3.05 bits per heavy atom. The van der Waals surface area contributed by atoms with Gasteiger partial charge in [-0.25, -0.2) is 0 Å². The van der Waals surface area contributed by atoms with Crippen molar-refractivity contribution in [3.8, 4) is 0 Å². The minimum atomic E-state index is -0.257. The maximum Gasteiger partial charge on any atom is 0.273 e. The average molecular weight is 263 g/mol. The quantitative estimate of drug-likeness (QED) is 0.633. The van der Waals surface area contributed by atoms with E-state index >= 15 is 0 Å². The number of aryl methyl sites for hydroxylation is 2. The normalized spacial score (nSPS) is 10.6. The van der Waals surface area contributed by atoms with Gasteiger partial charge in [-0.15, -0.1) is 5.10 Å². The smallest absolute Gasteiger partial charge is 0.273 e. The molecule has 4 N–H and O–H groups in total. The number of aromatic amines is 1. The first kappa shape index (κ1) is 13.1. The minimum absolute atomic E-state index is 0.257. The Morgan fingerprint density at radius 2 is 2.42 bits per heavy atom. The summed E-state index contributed by atoms with van der Waals surface area (Å²) in [5.74, 6) is -0.257. The number of carbonyl (C=O) groups is 1. The van der Waals surface area contributed by atoms with E-state index in [9.17, 15) is 4.79 Å². The van der Waals surface area contributed by atoms with Crippen LogP contribution in [0.25, 0.3) is 0 Å². The SMILES string of the molecule is CCc1[nH]nc(C(=O)NCCCn2ccnn2)c1N. The lowest BCUT2D eigenvalue weighted by Gasteiger charge is -2.04. The van der Waals surface area contributed by atoms with E-state index in [-0.39, 0.29) is 11.6 Å². The average Bonchev–Trinajstić information content (AvgIpc) is 3.03. The van der Waals surface area contributed by atoms with Gasteiger partial charge in [0.1, 0.15) is 0 Å². The van der Waals surface area contributed by atoms with Crippen LogP contribution in [-0.2, 0) is 13.0 Å². The zero-order chi connectivity index (χ0) is 13.7. The highest BCUT2D eigenvalue weighted by atomic mass is 16.1. The van der Waals surface area contributed by atoms with E-state index in [4.69, 9.17) is 5.73 Å². The summed E-state index contributed by atoms with van der Waals surface area (Å²) in [6.45, 7) is 3.19. The third-order valence-electron chi connectivity index (χ3n) is 2.77. The lowest BCUT2D eigenvalue weighted by Crippen LogP contribution is -2.26. The third kappa shape index (κ3) is 3.09. The van der Waals surface area contributed by atoms with Crippen LogP contribution in [0.1, 0.15) is 29.5 Å². The Balaban J connectivity index is 1.79. The number of hydrogen-bond acceptors (Lipinski definition) is 5. The number of carbonyl (C=O) groups excluding carboxylic acids is 1. The van der Waals surface area contributed by atoms with Crippen LogP contribution < -0.4 is 11.1 Å². The highest BCUT2D eigenvalue weighted by molar-refractivity contribution is 5.97. The van der Waals surface area contributed by atoms with E-state index in [0.29, 0.717) is 18.8 Å². The van der Waals surface area contributed by atoms with Crippen molar-refractivity contribution in [2.75, 3.05) is 12.3 Å². The van der Waals surface area contributed by atoms with Gasteiger partial charge in [0.15, 0.2) is 5.69 Å². The Kier molecular flexibility index (Phi) is 4.11. The van der Waals surface area contributed by atoms with E-state index < -0.39 is 0 Å². The highest BCUT2D eigenvalue weighted by Gasteiger charge is 2.15. The van der Waals surface area contributed by atoms with Gasteiger partial charge in [-0.3, -0.25) is 14.6 Å². The molecule has 0 spiro atoms. The molecule has 0 radical (unpaired) electrons. The molecule has 0 aromatic carbocycles. The van der Waals surface area contributed by atoms with E-state index in [2.05, 4.69) is 25.8 Å². The van der Waals surface area contributed by atoms with Gasteiger partial charge in [0.25, 0.3) is 5.91 Å². The minimum Gasteiger partial charge on any atom is -0.395 e. The largest absolute Gasteiger partial charge is 0.395 e. The number of rotatable bonds is 6. The number of nitrogens with zero attached hydrogens (tertiary/aromatic N) is 4. The van der Waals surface area contributed by atoms with E-state index in [0.717, 1.165) is 18.5 Å². The summed E-state index contributed by atoms with van der Waals surface area (Å²) in [4.78, 5) is 11.8. The van der Waals surface area contributed by atoms with Crippen LogP contribution in [0.2, 0.25) is 0 Å². The molecule has 8 nitrogen and oxygen atoms in total. The number of anilines is 1. The lowest BCUT2D eigenvalue weighted by molar-refractivity contribution is 0.0948. The molecular weight excluding hydrogens is 246 g/mol. The molecule has 0 fully saturated rings. The van der Waals surface area contributed by atoms with Crippen molar-refractivity contribution in [3.63, 3.8) is 0 Å². The van der Waals surface area contributed by atoms with Crippen molar-refractivity contribution in [1.82, 2.24) is 30.5 Å². The van der Waals surface area contributed by atoms with Gasteiger partial charge < -0.3 is 11.1 Å². The first-order chi connectivity index (χ1) is 9.22. The molecule has 2 rings (SSSR count). The van der Waals surface area contributed by atoms with Crippen molar-refractivity contribution < 1.29 is 4.79 Å². The Morgan fingerprint density at radius 1 is 1.58 bits per heavy atom. The van der Waals surface area contributed by atoms with Crippen LogP contribution >= 0.6 is 0 Å². The zero-order valence-electron chi connectivity index (χ0n) is 10.8. The van der Waals surface area contributed by atoms with Crippen LogP contribution in [0.4, 0.5) is 5.69 Å². The fraction of sp³-hybridized carbons (Fsp3) is 0.455. The van der Waals surface area contributed by atoms with Gasteiger partial charge in [-0.1, -0.05) is 12.1 Å². The maximum atomic E-state index is 11.8. The third-order valence-corrected chi connectivity index (χ3v) is 2.77. The molecule has 2 heterocycles. The zero-order valence-corrected chi connectivity index (χ0v) is 10.8. The first-order valence-electron chi connectivity index (χ1n) is 6.17. The Bertz CT molecular complexity index is 531. The molecule has 8 heteroatoms. The van der Waals surface area contributed by atoms with Crippen LogP contribution in [0.3, 0.4) is 0 Å². The van der Waals surface area contributed by atoms with Gasteiger partial charge in [-0.2, -0.15) is 5.10 Å². The van der Waals surface area contributed by atoms with Gasteiger partial charge >= 0.3 is 0 Å². The van der Waals surface area contributed by atoms with Gasteiger partial charge in [0.05, 0.1) is 17.6 Å². The van der Waals surface area contributed by atoms with Crippen molar-refractivity contribution in [2.45, 2.75) is 26.3 Å². The Labute approximate surface area is 110 Å². The second-order valence-corrected chi connectivity index (χ2v) is 4.09. The van der Waals surface area contributed by atoms with Crippen LogP contribution in [0.15, 0.2) is 12.4 Å².